The average Bonchev–Trinajstić information content (AvgIpc) is 2.81. The molecular weight excluding hydrogens is 304 g/mol. The Hall–Kier alpha value is 0.0500. The lowest BCUT2D eigenvalue weighted by atomic mass is 9.72. The van der Waals surface area contributed by atoms with E-state index in [9.17, 15) is 0 Å². The van der Waals surface area contributed by atoms with Crippen molar-refractivity contribution in [2.24, 2.45) is 5.41 Å². The van der Waals surface area contributed by atoms with Crippen molar-refractivity contribution in [1.82, 2.24) is 0 Å². The predicted octanol–water partition coefficient (Wildman–Crippen LogP) is 5.44. The van der Waals surface area contributed by atoms with Crippen LogP contribution in [0.1, 0.15) is 44.1 Å². The van der Waals surface area contributed by atoms with Crippen molar-refractivity contribution in [2.45, 2.75) is 55.1 Å². The standard InChI is InChI=1S/C16H21BrS/c17-12-16(8-4-1-5-9-16)11-14-10-13-6-2-3-7-15(13)18-14/h2-3,6-7,14H,1,4-5,8-12H2. The van der Waals surface area contributed by atoms with E-state index in [-0.39, 0.29) is 0 Å². The van der Waals surface area contributed by atoms with Crippen LogP contribution in [0.25, 0.3) is 0 Å². The number of rotatable bonds is 3. The third-order valence-corrected chi connectivity index (χ3v) is 7.08. The molecule has 1 heterocycles. The molecule has 0 amide bonds. The van der Waals surface area contributed by atoms with Gasteiger partial charge in [0.1, 0.15) is 0 Å². The van der Waals surface area contributed by atoms with Crippen molar-refractivity contribution in [3.05, 3.63) is 29.8 Å². The Morgan fingerprint density at radius 2 is 1.94 bits per heavy atom. The summed E-state index contributed by atoms with van der Waals surface area (Å²) in [6.07, 6.45) is 9.89. The molecule has 0 N–H and O–H groups in total. The molecule has 3 rings (SSSR count). The Labute approximate surface area is 123 Å². The lowest BCUT2D eigenvalue weighted by Crippen LogP contribution is -2.29. The summed E-state index contributed by atoms with van der Waals surface area (Å²) in [4.78, 5) is 1.53. The van der Waals surface area contributed by atoms with E-state index in [0.717, 1.165) is 5.25 Å². The van der Waals surface area contributed by atoms with Gasteiger partial charge < -0.3 is 0 Å². The molecule has 18 heavy (non-hydrogen) atoms. The Morgan fingerprint density at radius 1 is 1.17 bits per heavy atom. The second kappa shape index (κ2) is 5.58. The SMILES string of the molecule is BrCC1(CC2Cc3ccccc3S2)CCCCC1. The summed E-state index contributed by atoms with van der Waals surface area (Å²) in [5.74, 6) is 0. The fourth-order valence-corrected chi connectivity index (χ4v) is 5.85. The largest absolute Gasteiger partial charge is 0.122 e. The van der Waals surface area contributed by atoms with Crippen molar-refractivity contribution in [3.8, 4) is 0 Å². The predicted molar refractivity (Wildman–Crippen MR) is 83.7 cm³/mol. The first kappa shape index (κ1) is 13.1. The maximum absolute atomic E-state index is 3.80. The normalized spacial score (nSPS) is 25.9. The molecule has 0 aromatic heterocycles. The van der Waals surface area contributed by atoms with Crippen molar-refractivity contribution in [3.63, 3.8) is 0 Å². The fourth-order valence-electron chi connectivity index (χ4n) is 3.54. The highest BCUT2D eigenvalue weighted by atomic mass is 79.9. The van der Waals surface area contributed by atoms with E-state index in [4.69, 9.17) is 0 Å². The molecule has 1 saturated carbocycles. The van der Waals surface area contributed by atoms with Gasteiger partial charge >= 0.3 is 0 Å². The van der Waals surface area contributed by atoms with E-state index in [1.807, 2.05) is 0 Å². The molecule has 0 spiro atoms. The van der Waals surface area contributed by atoms with E-state index in [1.165, 1.54) is 55.2 Å². The minimum absolute atomic E-state index is 0.595. The molecule has 1 aromatic carbocycles. The maximum atomic E-state index is 3.80. The lowest BCUT2D eigenvalue weighted by molar-refractivity contribution is 0.206. The molecule has 1 unspecified atom stereocenters. The maximum Gasteiger partial charge on any atom is 0.0141 e. The van der Waals surface area contributed by atoms with Crippen LogP contribution in [-0.4, -0.2) is 10.6 Å². The molecule has 2 heteroatoms. The van der Waals surface area contributed by atoms with Crippen molar-refractivity contribution in [2.75, 3.05) is 5.33 Å². The zero-order valence-electron chi connectivity index (χ0n) is 10.8. The fraction of sp³-hybridized carbons (Fsp3) is 0.625. The summed E-state index contributed by atoms with van der Waals surface area (Å²) in [6, 6.07) is 8.96. The number of thioether (sulfide) groups is 1. The lowest BCUT2D eigenvalue weighted by Gasteiger charge is -2.37. The third kappa shape index (κ3) is 2.65. The van der Waals surface area contributed by atoms with Gasteiger partial charge in [-0.2, -0.15) is 0 Å². The Kier molecular flexibility index (Phi) is 4.05. The zero-order chi connectivity index (χ0) is 12.4. The molecule has 2 aliphatic rings. The number of halogens is 1. The first-order valence-corrected chi connectivity index (χ1v) is 9.12. The molecule has 0 nitrogen and oxygen atoms in total. The van der Waals surface area contributed by atoms with Crippen molar-refractivity contribution < 1.29 is 0 Å². The van der Waals surface area contributed by atoms with Crippen LogP contribution in [0.4, 0.5) is 0 Å². The van der Waals surface area contributed by atoms with Crippen molar-refractivity contribution in [1.29, 1.82) is 0 Å². The molecule has 1 aromatic rings. The summed E-state index contributed by atoms with van der Waals surface area (Å²) in [7, 11) is 0. The Bertz CT molecular complexity index is 384. The van der Waals surface area contributed by atoms with Gasteiger partial charge in [0.25, 0.3) is 0 Å². The second-order valence-corrected chi connectivity index (χ2v) is 7.85. The van der Waals surface area contributed by atoms with Gasteiger partial charge in [-0.3, -0.25) is 0 Å². The number of alkyl halides is 1. The molecular formula is C16H21BrS. The summed E-state index contributed by atoms with van der Waals surface area (Å²) in [5.41, 5.74) is 2.17. The van der Waals surface area contributed by atoms with E-state index >= 15 is 0 Å². The molecule has 1 atom stereocenters. The van der Waals surface area contributed by atoms with Gasteiger partial charge in [0, 0.05) is 15.5 Å². The Balaban J connectivity index is 1.67. The summed E-state index contributed by atoms with van der Waals surface area (Å²) >= 11 is 5.92. The molecule has 0 bridgehead atoms. The number of hydrogen-bond donors (Lipinski definition) is 0. The van der Waals surface area contributed by atoms with Gasteiger partial charge in [-0.25, -0.2) is 0 Å². The molecule has 1 aliphatic carbocycles. The second-order valence-electron chi connectivity index (χ2n) is 5.95. The minimum Gasteiger partial charge on any atom is -0.122 e. The van der Waals surface area contributed by atoms with E-state index in [1.54, 1.807) is 5.56 Å². The monoisotopic (exact) mass is 324 g/mol. The minimum atomic E-state index is 0.595. The highest BCUT2D eigenvalue weighted by molar-refractivity contribution is 9.09. The van der Waals surface area contributed by atoms with Gasteiger partial charge in [-0.05, 0) is 42.7 Å². The van der Waals surface area contributed by atoms with Gasteiger partial charge in [-0.1, -0.05) is 53.4 Å². The molecule has 1 fully saturated rings. The number of hydrogen-bond acceptors (Lipinski definition) is 1. The molecule has 0 saturated heterocycles. The van der Waals surface area contributed by atoms with Crippen LogP contribution in [0, 0.1) is 5.41 Å². The zero-order valence-corrected chi connectivity index (χ0v) is 13.2. The number of fused-ring (bicyclic) bond motifs is 1. The summed E-state index contributed by atoms with van der Waals surface area (Å²) in [6.45, 7) is 0. The summed E-state index contributed by atoms with van der Waals surface area (Å²) < 4.78 is 0. The van der Waals surface area contributed by atoms with Crippen molar-refractivity contribution >= 4 is 27.7 Å². The van der Waals surface area contributed by atoms with Crippen LogP contribution in [-0.2, 0) is 6.42 Å². The molecule has 1 aliphatic heterocycles. The average molecular weight is 325 g/mol. The summed E-state index contributed by atoms with van der Waals surface area (Å²) in [5, 5.41) is 2.02. The van der Waals surface area contributed by atoms with Crippen LogP contribution in [0.3, 0.4) is 0 Å². The van der Waals surface area contributed by atoms with E-state index in [2.05, 4.69) is 52.0 Å². The van der Waals surface area contributed by atoms with Crippen LogP contribution in [0.15, 0.2) is 29.2 Å². The smallest absolute Gasteiger partial charge is 0.0141 e. The first-order valence-electron chi connectivity index (χ1n) is 7.12. The first-order chi connectivity index (χ1) is 8.81. The van der Waals surface area contributed by atoms with Gasteiger partial charge in [0.05, 0.1) is 0 Å². The van der Waals surface area contributed by atoms with Crippen LogP contribution >= 0.6 is 27.7 Å². The van der Waals surface area contributed by atoms with Crippen LogP contribution in [0.2, 0.25) is 0 Å². The Morgan fingerprint density at radius 3 is 2.67 bits per heavy atom. The van der Waals surface area contributed by atoms with E-state index in [0.29, 0.717) is 5.41 Å². The molecule has 98 valence electrons. The third-order valence-electron chi connectivity index (χ3n) is 4.57. The van der Waals surface area contributed by atoms with Gasteiger partial charge in [0.15, 0.2) is 0 Å². The highest BCUT2D eigenvalue weighted by Crippen LogP contribution is 2.48. The number of benzene rings is 1. The quantitative estimate of drug-likeness (QED) is 0.667. The van der Waals surface area contributed by atoms with Gasteiger partial charge in [-0.15, -0.1) is 11.8 Å². The molecule has 0 radical (unpaired) electrons. The topological polar surface area (TPSA) is 0 Å². The van der Waals surface area contributed by atoms with Gasteiger partial charge in [0.2, 0.25) is 0 Å². The van der Waals surface area contributed by atoms with E-state index < -0.39 is 0 Å². The van der Waals surface area contributed by atoms with Crippen LogP contribution < -0.4 is 0 Å². The highest BCUT2D eigenvalue weighted by Gasteiger charge is 2.35. The van der Waals surface area contributed by atoms with Crippen LogP contribution in [0.5, 0.6) is 0 Å².